The van der Waals surface area contributed by atoms with Crippen molar-refractivity contribution in [3.8, 4) is 0 Å². The van der Waals surface area contributed by atoms with Gasteiger partial charge in [-0.2, -0.15) is 0 Å². The molecule has 0 saturated heterocycles. The van der Waals surface area contributed by atoms with Gasteiger partial charge in [0.1, 0.15) is 5.25 Å². The first-order valence-corrected chi connectivity index (χ1v) is 7.73. The molecule has 1 aromatic heterocycles. The fraction of sp³-hybridized carbons (Fsp3) is 0.0667. The molecule has 1 unspecified atom stereocenters. The largest absolute Gasteiger partial charge is 0.480 e. The van der Waals surface area contributed by atoms with E-state index in [2.05, 4.69) is 4.98 Å². The molecule has 0 radical (unpaired) electrons. The van der Waals surface area contributed by atoms with E-state index in [9.17, 15) is 9.90 Å². The number of thiazole rings is 1. The number of rotatable bonds is 4. The maximum atomic E-state index is 11.5. The number of hydrogen-bond donors (Lipinski definition) is 1. The minimum atomic E-state index is -0.847. The number of thioether (sulfide) groups is 1. The number of halogens is 1. The van der Waals surface area contributed by atoms with Crippen molar-refractivity contribution < 1.29 is 9.90 Å². The summed E-state index contributed by atoms with van der Waals surface area (Å²) in [5.41, 5.74) is 1.70. The fourth-order valence-corrected chi connectivity index (χ4v) is 4.09. The van der Waals surface area contributed by atoms with Crippen LogP contribution in [0.4, 0.5) is 0 Å². The monoisotopic (exact) mass is 381 g/mol. The van der Waals surface area contributed by atoms with Gasteiger partial charge in [0.15, 0.2) is 4.34 Å². The Hall–Kier alpha value is -1.37. The van der Waals surface area contributed by atoms with Gasteiger partial charge in [-0.05, 0) is 17.7 Å². The lowest BCUT2D eigenvalue weighted by Crippen LogP contribution is -2.07. The van der Waals surface area contributed by atoms with Gasteiger partial charge in [-0.1, -0.05) is 54.2 Å². The van der Waals surface area contributed by atoms with Crippen LogP contribution in [0.3, 0.4) is 0 Å². The van der Waals surface area contributed by atoms with E-state index in [0.29, 0.717) is 0 Å². The Balaban J connectivity index is 0.00000161. The smallest absolute Gasteiger partial charge is 0.321 e. The lowest BCUT2D eigenvalue weighted by Gasteiger charge is -2.09. The molecule has 108 valence electrons. The van der Waals surface area contributed by atoms with Crippen LogP contribution >= 0.6 is 40.1 Å². The first-order valence-electron chi connectivity index (χ1n) is 6.04. The summed E-state index contributed by atoms with van der Waals surface area (Å²) >= 11 is 2.81. The molecule has 3 rings (SSSR count). The van der Waals surface area contributed by atoms with Crippen LogP contribution in [0.15, 0.2) is 58.9 Å². The van der Waals surface area contributed by atoms with Crippen LogP contribution in [0.1, 0.15) is 10.8 Å². The number of fused-ring (bicyclic) bond motifs is 1. The molecule has 1 N–H and O–H groups in total. The molecule has 1 atom stereocenters. The summed E-state index contributed by atoms with van der Waals surface area (Å²) in [7, 11) is 0. The van der Waals surface area contributed by atoms with Gasteiger partial charge in [-0.25, -0.2) is 4.98 Å². The highest BCUT2D eigenvalue weighted by atomic mass is 79.9. The predicted molar refractivity (Wildman–Crippen MR) is 92.6 cm³/mol. The Bertz CT molecular complexity index is 713. The van der Waals surface area contributed by atoms with Crippen LogP contribution in [0, 0.1) is 0 Å². The van der Waals surface area contributed by atoms with E-state index in [-0.39, 0.29) is 17.0 Å². The third kappa shape index (κ3) is 3.64. The van der Waals surface area contributed by atoms with E-state index in [4.69, 9.17) is 0 Å². The number of aromatic nitrogens is 1. The Morgan fingerprint density at radius 1 is 1.10 bits per heavy atom. The van der Waals surface area contributed by atoms with Crippen LogP contribution in [0.5, 0.6) is 0 Å². The molecular weight excluding hydrogens is 370 g/mol. The van der Waals surface area contributed by atoms with E-state index in [1.807, 2.05) is 54.6 Å². The molecule has 3 nitrogen and oxygen atoms in total. The van der Waals surface area contributed by atoms with Crippen molar-refractivity contribution in [3.05, 3.63) is 60.2 Å². The van der Waals surface area contributed by atoms with Crippen molar-refractivity contribution in [2.45, 2.75) is 9.59 Å². The van der Waals surface area contributed by atoms with Crippen molar-refractivity contribution in [1.82, 2.24) is 4.98 Å². The zero-order valence-corrected chi connectivity index (χ0v) is 14.1. The van der Waals surface area contributed by atoms with Crippen molar-refractivity contribution >= 4 is 56.3 Å². The highest BCUT2D eigenvalue weighted by Gasteiger charge is 2.22. The highest BCUT2D eigenvalue weighted by Crippen LogP contribution is 2.39. The van der Waals surface area contributed by atoms with Gasteiger partial charge in [0.2, 0.25) is 0 Å². The molecule has 6 heteroatoms. The van der Waals surface area contributed by atoms with Crippen molar-refractivity contribution in [1.29, 1.82) is 0 Å². The maximum absolute atomic E-state index is 11.5. The summed E-state index contributed by atoms with van der Waals surface area (Å²) < 4.78 is 1.86. The molecule has 0 bridgehead atoms. The summed E-state index contributed by atoms with van der Waals surface area (Å²) in [4.78, 5) is 16.0. The minimum absolute atomic E-state index is 0. The Kier molecular flexibility index (Phi) is 5.39. The number of nitrogens with zero attached hydrogens (tertiary/aromatic N) is 1. The molecule has 0 fully saturated rings. The third-order valence-electron chi connectivity index (χ3n) is 2.82. The topological polar surface area (TPSA) is 50.2 Å². The van der Waals surface area contributed by atoms with Gasteiger partial charge in [0.05, 0.1) is 10.2 Å². The first-order chi connectivity index (χ1) is 9.74. The van der Waals surface area contributed by atoms with Crippen LogP contribution in [0.2, 0.25) is 0 Å². The quantitative estimate of drug-likeness (QED) is 0.659. The summed E-state index contributed by atoms with van der Waals surface area (Å²) in [5.74, 6) is -0.847. The zero-order valence-electron chi connectivity index (χ0n) is 10.8. The number of hydrogen-bond acceptors (Lipinski definition) is 4. The van der Waals surface area contributed by atoms with Crippen LogP contribution < -0.4 is 0 Å². The lowest BCUT2D eigenvalue weighted by molar-refractivity contribution is -0.136. The molecule has 21 heavy (non-hydrogen) atoms. The molecule has 1 heterocycles. The van der Waals surface area contributed by atoms with Crippen molar-refractivity contribution in [2.75, 3.05) is 0 Å². The molecule has 0 aliphatic heterocycles. The number of aliphatic carboxylic acids is 1. The fourth-order valence-electron chi connectivity index (χ4n) is 1.89. The van der Waals surface area contributed by atoms with E-state index in [0.717, 1.165) is 20.1 Å². The Labute approximate surface area is 140 Å². The van der Waals surface area contributed by atoms with E-state index >= 15 is 0 Å². The second-order valence-electron chi connectivity index (χ2n) is 4.19. The zero-order chi connectivity index (χ0) is 13.9. The standard InChI is InChI=1S/C15H11NO2S2.BrH/c17-14(18)13(10-6-2-1-3-7-10)20-15-16-11-8-4-5-9-12(11)19-15;/h1-9,13H,(H,17,18);1H. The van der Waals surface area contributed by atoms with Gasteiger partial charge < -0.3 is 5.11 Å². The average Bonchev–Trinajstić information content (AvgIpc) is 2.88. The van der Waals surface area contributed by atoms with E-state index in [1.165, 1.54) is 23.1 Å². The maximum Gasteiger partial charge on any atom is 0.321 e. The van der Waals surface area contributed by atoms with E-state index < -0.39 is 11.2 Å². The summed E-state index contributed by atoms with van der Waals surface area (Å²) in [5, 5.41) is 8.79. The average molecular weight is 382 g/mol. The minimum Gasteiger partial charge on any atom is -0.480 e. The van der Waals surface area contributed by atoms with E-state index in [1.54, 1.807) is 0 Å². The predicted octanol–water partition coefficient (Wildman–Crippen LogP) is 4.79. The van der Waals surface area contributed by atoms with Crippen molar-refractivity contribution in [3.63, 3.8) is 0 Å². The summed E-state index contributed by atoms with van der Waals surface area (Å²) in [6, 6.07) is 17.1. The highest BCUT2D eigenvalue weighted by molar-refractivity contribution is 8.93. The third-order valence-corrected chi connectivity index (χ3v) is 5.19. The second kappa shape index (κ2) is 7.06. The molecule has 0 saturated carbocycles. The van der Waals surface area contributed by atoms with Gasteiger partial charge in [-0.3, -0.25) is 4.79 Å². The van der Waals surface area contributed by atoms with Crippen LogP contribution in [0.25, 0.3) is 10.2 Å². The lowest BCUT2D eigenvalue weighted by atomic mass is 10.1. The number of benzene rings is 2. The number of para-hydroxylation sites is 1. The molecule has 0 aliphatic rings. The molecular formula is C15H12BrNO2S2. The first kappa shape index (κ1) is 16.0. The number of carbonyl (C=O) groups is 1. The normalized spacial score (nSPS) is 11.8. The summed E-state index contributed by atoms with van der Waals surface area (Å²) in [6.07, 6.45) is 0. The summed E-state index contributed by atoms with van der Waals surface area (Å²) in [6.45, 7) is 0. The molecule has 3 aromatic rings. The molecule has 2 aromatic carbocycles. The van der Waals surface area contributed by atoms with Gasteiger partial charge in [-0.15, -0.1) is 28.3 Å². The number of carboxylic acids is 1. The SMILES string of the molecule is Br.O=C(O)C(Sc1nc2ccccc2s1)c1ccccc1. The Morgan fingerprint density at radius 3 is 2.43 bits per heavy atom. The molecule has 0 aliphatic carbocycles. The van der Waals surface area contributed by atoms with Crippen LogP contribution in [-0.2, 0) is 4.79 Å². The molecule has 0 spiro atoms. The second-order valence-corrected chi connectivity index (χ2v) is 6.58. The molecule has 0 amide bonds. The Morgan fingerprint density at radius 2 is 1.76 bits per heavy atom. The van der Waals surface area contributed by atoms with Gasteiger partial charge in [0, 0.05) is 0 Å². The van der Waals surface area contributed by atoms with Gasteiger partial charge in [0.25, 0.3) is 0 Å². The number of carboxylic acid groups (broad SMARTS) is 1. The van der Waals surface area contributed by atoms with Crippen LogP contribution in [-0.4, -0.2) is 16.1 Å². The van der Waals surface area contributed by atoms with Crippen molar-refractivity contribution in [2.24, 2.45) is 0 Å². The van der Waals surface area contributed by atoms with Gasteiger partial charge >= 0.3 is 5.97 Å².